The molecule has 0 aliphatic carbocycles. The number of nitrogens with one attached hydrogen (secondary N) is 2. The van der Waals surface area contributed by atoms with Crippen LogP contribution in [0.3, 0.4) is 0 Å². The lowest BCUT2D eigenvalue weighted by Gasteiger charge is -2.07. The highest BCUT2D eigenvalue weighted by atomic mass is 32.1. The number of aryl methyl sites for hydroxylation is 2. The van der Waals surface area contributed by atoms with Crippen molar-refractivity contribution in [2.45, 2.75) is 20.4 Å². The van der Waals surface area contributed by atoms with Crippen LogP contribution in [-0.2, 0) is 6.54 Å². The first kappa shape index (κ1) is 11.8. The molecule has 0 atom stereocenters. The Balaban J connectivity index is 2.09. The van der Waals surface area contributed by atoms with Crippen LogP contribution in [-0.4, -0.2) is 9.97 Å². The molecule has 4 N–H and O–H groups in total. The first-order valence-corrected chi connectivity index (χ1v) is 6.21. The number of hydrazine groups is 1. The normalized spacial score (nSPS) is 10.3. The van der Waals surface area contributed by atoms with Gasteiger partial charge in [0.1, 0.15) is 5.82 Å². The van der Waals surface area contributed by atoms with E-state index in [0.29, 0.717) is 5.95 Å². The van der Waals surface area contributed by atoms with Crippen molar-refractivity contribution >= 4 is 23.1 Å². The number of hydrogen-bond donors (Lipinski definition) is 3. The molecule has 17 heavy (non-hydrogen) atoms. The first-order chi connectivity index (χ1) is 8.19. The summed E-state index contributed by atoms with van der Waals surface area (Å²) >= 11 is 1.71. The van der Waals surface area contributed by atoms with E-state index in [1.807, 2.05) is 13.0 Å². The fourth-order valence-corrected chi connectivity index (χ4v) is 2.33. The number of aromatic nitrogens is 2. The minimum Gasteiger partial charge on any atom is -0.366 e. The zero-order valence-electron chi connectivity index (χ0n) is 9.82. The van der Waals surface area contributed by atoms with Gasteiger partial charge in [0.2, 0.25) is 5.95 Å². The molecular weight excluding hydrogens is 234 g/mol. The van der Waals surface area contributed by atoms with Gasteiger partial charge in [-0.25, -0.2) is 10.8 Å². The average Bonchev–Trinajstić information content (AvgIpc) is 2.71. The molecule has 0 aliphatic heterocycles. The lowest BCUT2D eigenvalue weighted by Crippen LogP contribution is -2.12. The molecule has 0 saturated heterocycles. The number of anilines is 2. The van der Waals surface area contributed by atoms with Crippen molar-refractivity contribution in [2.24, 2.45) is 5.84 Å². The summed E-state index contributed by atoms with van der Waals surface area (Å²) in [6, 6.07) is 1.89. The van der Waals surface area contributed by atoms with Crippen LogP contribution in [0.2, 0.25) is 0 Å². The summed E-state index contributed by atoms with van der Waals surface area (Å²) in [6.07, 6.45) is 0. The fraction of sp³-hybridized carbons (Fsp3) is 0.273. The van der Waals surface area contributed by atoms with E-state index >= 15 is 0 Å². The summed E-state index contributed by atoms with van der Waals surface area (Å²) in [5.41, 5.74) is 5.91. The number of rotatable bonds is 4. The Morgan fingerprint density at radius 3 is 2.76 bits per heavy atom. The molecule has 2 aromatic rings. The molecule has 0 fully saturated rings. The number of nitrogens with zero attached hydrogens (tertiary/aromatic N) is 2. The third-order valence-corrected chi connectivity index (χ3v) is 3.32. The van der Waals surface area contributed by atoms with Crippen molar-refractivity contribution in [3.63, 3.8) is 0 Å². The molecule has 90 valence electrons. The minimum absolute atomic E-state index is 0.426. The van der Waals surface area contributed by atoms with Crippen molar-refractivity contribution in [2.75, 3.05) is 10.7 Å². The summed E-state index contributed by atoms with van der Waals surface area (Å²) in [5, 5.41) is 7.53. The van der Waals surface area contributed by atoms with E-state index in [2.05, 4.69) is 38.4 Å². The number of thiophene rings is 1. The van der Waals surface area contributed by atoms with Crippen LogP contribution in [0.25, 0.3) is 0 Å². The minimum atomic E-state index is 0.426. The number of nitrogens with two attached hydrogens (primary N) is 1. The predicted octanol–water partition coefficient (Wildman–Crippen LogP) is 2.05. The zero-order chi connectivity index (χ0) is 12.3. The van der Waals surface area contributed by atoms with Crippen LogP contribution < -0.4 is 16.6 Å². The maximum Gasteiger partial charge on any atom is 0.239 e. The molecule has 0 radical (unpaired) electrons. The second kappa shape index (κ2) is 5.11. The van der Waals surface area contributed by atoms with Crippen LogP contribution in [0.1, 0.15) is 16.8 Å². The van der Waals surface area contributed by atoms with Gasteiger partial charge in [-0.3, -0.25) is 5.43 Å². The molecule has 0 unspecified atom stereocenters. The zero-order valence-corrected chi connectivity index (χ0v) is 10.6. The highest BCUT2D eigenvalue weighted by Crippen LogP contribution is 2.16. The number of hydrogen-bond acceptors (Lipinski definition) is 6. The third-order valence-electron chi connectivity index (χ3n) is 2.40. The van der Waals surface area contributed by atoms with Gasteiger partial charge < -0.3 is 5.32 Å². The van der Waals surface area contributed by atoms with Crippen molar-refractivity contribution in [3.05, 3.63) is 33.6 Å². The Morgan fingerprint density at radius 2 is 2.12 bits per heavy atom. The molecule has 6 heteroatoms. The largest absolute Gasteiger partial charge is 0.366 e. The summed E-state index contributed by atoms with van der Waals surface area (Å²) < 4.78 is 0. The molecule has 0 aliphatic rings. The molecule has 2 rings (SSSR count). The molecule has 0 amide bonds. The summed E-state index contributed by atoms with van der Waals surface area (Å²) in [5.74, 6) is 6.50. The molecule has 5 nitrogen and oxygen atoms in total. The summed E-state index contributed by atoms with van der Waals surface area (Å²) in [6.45, 7) is 4.77. The van der Waals surface area contributed by atoms with Crippen LogP contribution in [0.4, 0.5) is 11.8 Å². The molecule has 2 aromatic heterocycles. The van der Waals surface area contributed by atoms with Crippen molar-refractivity contribution in [1.29, 1.82) is 0 Å². The topological polar surface area (TPSA) is 75.9 Å². The fourth-order valence-electron chi connectivity index (χ4n) is 1.48. The van der Waals surface area contributed by atoms with Crippen LogP contribution >= 0.6 is 11.3 Å². The van der Waals surface area contributed by atoms with Gasteiger partial charge in [-0.1, -0.05) is 0 Å². The average molecular weight is 249 g/mol. The third kappa shape index (κ3) is 2.92. The van der Waals surface area contributed by atoms with Gasteiger partial charge in [0.05, 0.1) is 0 Å². The van der Waals surface area contributed by atoms with Crippen LogP contribution in [0.15, 0.2) is 16.8 Å². The highest BCUT2D eigenvalue weighted by Gasteiger charge is 2.02. The lowest BCUT2D eigenvalue weighted by atomic mass is 10.2. The van der Waals surface area contributed by atoms with Crippen molar-refractivity contribution < 1.29 is 0 Å². The second-order valence-electron chi connectivity index (χ2n) is 3.80. The van der Waals surface area contributed by atoms with E-state index in [9.17, 15) is 0 Å². The maximum atomic E-state index is 5.30. The van der Waals surface area contributed by atoms with Gasteiger partial charge in [-0.15, -0.1) is 0 Å². The summed E-state index contributed by atoms with van der Waals surface area (Å²) in [4.78, 5) is 8.36. The monoisotopic (exact) mass is 249 g/mol. The smallest absolute Gasteiger partial charge is 0.239 e. The van der Waals surface area contributed by atoms with Crippen LogP contribution in [0.5, 0.6) is 0 Å². The Kier molecular flexibility index (Phi) is 3.55. The molecule has 2 heterocycles. The quantitative estimate of drug-likeness (QED) is 0.571. The van der Waals surface area contributed by atoms with Gasteiger partial charge in [0, 0.05) is 18.3 Å². The molecule has 0 aromatic carbocycles. The maximum absolute atomic E-state index is 5.30. The Morgan fingerprint density at radius 1 is 1.29 bits per heavy atom. The standard InChI is InChI=1S/C11H15N5S/c1-7-5-17-6-9(7)4-13-10-3-8(2)14-11(15-10)16-12/h3,5-6H,4,12H2,1-2H3,(H2,13,14,15,16). The molecule has 0 bridgehead atoms. The van der Waals surface area contributed by atoms with Gasteiger partial charge in [-0.2, -0.15) is 16.3 Å². The Labute approximate surface area is 104 Å². The van der Waals surface area contributed by atoms with Gasteiger partial charge in [0.25, 0.3) is 0 Å². The molecular formula is C11H15N5S. The first-order valence-electron chi connectivity index (χ1n) is 5.27. The van der Waals surface area contributed by atoms with Gasteiger partial charge in [0.15, 0.2) is 0 Å². The Bertz CT molecular complexity index is 508. The second-order valence-corrected chi connectivity index (χ2v) is 4.54. The SMILES string of the molecule is Cc1cc(NCc2cscc2C)nc(NN)n1. The molecule has 0 saturated carbocycles. The van der Waals surface area contributed by atoms with E-state index in [0.717, 1.165) is 18.1 Å². The van der Waals surface area contributed by atoms with Crippen molar-refractivity contribution in [1.82, 2.24) is 9.97 Å². The van der Waals surface area contributed by atoms with E-state index in [1.165, 1.54) is 11.1 Å². The van der Waals surface area contributed by atoms with E-state index in [-0.39, 0.29) is 0 Å². The van der Waals surface area contributed by atoms with E-state index in [4.69, 9.17) is 5.84 Å². The highest BCUT2D eigenvalue weighted by molar-refractivity contribution is 7.08. The predicted molar refractivity (Wildman–Crippen MR) is 71.0 cm³/mol. The molecule has 0 spiro atoms. The number of nitrogen functional groups attached to an aromatic ring is 1. The lowest BCUT2D eigenvalue weighted by molar-refractivity contribution is 1.04. The summed E-state index contributed by atoms with van der Waals surface area (Å²) in [7, 11) is 0. The Hall–Kier alpha value is -1.66. The van der Waals surface area contributed by atoms with Gasteiger partial charge >= 0.3 is 0 Å². The van der Waals surface area contributed by atoms with E-state index < -0.39 is 0 Å². The van der Waals surface area contributed by atoms with E-state index in [1.54, 1.807) is 11.3 Å². The van der Waals surface area contributed by atoms with Gasteiger partial charge in [-0.05, 0) is 35.7 Å². The van der Waals surface area contributed by atoms with Crippen LogP contribution in [0, 0.1) is 13.8 Å². The van der Waals surface area contributed by atoms with Crippen molar-refractivity contribution in [3.8, 4) is 0 Å².